The van der Waals surface area contributed by atoms with Gasteiger partial charge in [0.2, 0.25) is 0 Å². The minimum atomic E-state index is -0.727. The van der Waals surface area contributed by atoms with Gasteiger partial charge >= 0.3 is 0 Å². The maximum Gasteiger partial charge on any atom is 0.280 e. The van der Waals surface area contributed by atoms with E-state index in [9.17, 15) is 4.79 Å². The molecule has 2 aromatic carbocycles. The summed E-state index contributed by atoms with van der Waals surface area (Å²) in [5.74, 6) is 0.961. The van der Waals surface area contributed by atoms with Gasteiger partial charge in [0, 0.05) is 5.56 Å². The van der Waals surface area contributed by atoms with Crippen LogP contribution in [0.15, 0.2) is 47.6 Å². The molecule has 0 heterocycles. The van der Waals surface area contributed by atoms with Crippen molar-refractivity contribution in [1.29, 1.82) is 0 Å². The fraction of sp³-hybridized carbons (Fsp3) is 0.333. The second kappa shape index (κ2) is 11.6. The van der Waals surface area contributed by atoms with Crippen molar-refractivity contribution in [2.24, 2.45) is 5.10 Å². The van der Waals surface area contributed by atoms with Crippen LogP contribution in [-0.2, 0) is 4.79 Å². The largest absolute Gasteiger partial charge is 0.494 e. The lowest BCUT2D eigenvalue weighted by molar-refractivity contribution is -0.127. The Kier molecular flexibility index (Phi) is 9.11. The molecule has 1 unspecified atom stereocenters. The average molecular weight is 423 g/mol. The second-order valence-corrected chi connectivity index (χ2v) is 6.97. The normalized spacial score (nSPS) is 12.0. The van der Waals surface area contributed by atoms with E-state index < -0.39 is 6.10 Å². The predicted octanol–water partition coefficient (Wildman–Crippen LogP) is 5.48. The molecule has 0 spiro atoms. The van der Waals surface area contributed by atoms with Gasteiger partial charge in [0.25, 0.3) is 5.91 Å². The van der Waals surface area contributed by atoms with Crippen molar-refractivity contribution in [3.63, 3.8) is 0 Å². The van der Waals surface area contributed by atoms with Crippen molar-refractivity contribution >= 4 is 35.3 Å². The number of unbranched alkanes of at least 4 members (excludes halogenated alkanes) is 2. The van der Waals surface area contributed by atoms with Crippen LogP contribution in [0.1, 0.15) is 38.7 Å². The van der Waals surface area contributed by atoms with Crippen molar-refractivity contribution in [2.45, 2.75) is 39.2 Å². The molecule has 7 heteroatoms. The number of nitrogens with zero attached hydrogens (tertiary/aromatic N) is 1. The number of rotatable bonds is 10. The van der Waals surface area contributed by atoms with Crippen LogP contribution < -0.4 is 14.9 Å². The van der Waals surface area contributed by atoms with Crippen LogP contribution in [0.5, 0.6) is 11.5 Å². The average Bonchev–Trinajstić information content (AvgIpc) is 2.68. The first-order valence-electron chi connectivity index (χ1n) is 9.17. The lowest BCUT2D eigenvalue weighted by Crippen LogP contribution is -2.33. The number of ether oxygens (including phenoxy) is 2. The Hall–Kier alpha value is -2.24. The summed E-state index contributed by atoms with van der Waals surface area (Å²) in [6, 6.07) is 12.3. The molecule has 1 amide bonds. The van der Waals surface area contributed by atoms with E-state index in [0.717, 1.165) is 25.0 Å². The first kappa shape index (κ1) is 22.1. The van der Waals surface area contributed by atoms with E-state index in [1.807, 2.05) is 12.1 Å². The molecule has 1 atom stereocenters. The predicted molar refractivity (Wildman–Crippen MR) is 114 cm³/mol. The van der Waals surface area contributed by atoms with Gasteiger partial charge in [-0.25, -0.2) is 5.43 Å². The van der Waals surface area contributed by atoms with Crippen LogP contribution in [0.2, 0.25) is 10.0 Å². The van der Waals surface area contributed by atoms with Gasteiger partial charge in [0.1, 0.15) is 11.5 Å². The molecule has 0 bridgehead atoms. The summed E-state index contributed by atoms with van der Waals surface area (Å²) < 4.78 is 11.3. The molecular weight excluding hydrogens is 399 g/mol. The molecule has 1 N–H and O–H groups in total. The van der Waals surface area contributed by atoms with E-state index in [1.165, 1.54) is 6.21 Å². The Balaban J connectivity index is 1.82. The zero-order valence-electron chi connectivity index (χ0n) is 16.0. The summed E-state index contributed by atoms with van der Waals surface area (Å²) in [5.41, 5.74) is 2.96. The molecule has 0 aliphatic heterocycles. The number of nitrogens with one attached hydrogen (secondary N) is 1. The molecule has 0 aliphatic carbocycles. The van der Waals surface area contributed by atoms with Crippen LogP contribution in [0.4, 0.5) is 0 Å². The summed E-state index contributed by atoms with van der Waals surface area (Å²) in [5, 5.41) is 4.80. The van der Waals surface area contributed by atoms with E-state index in [-0.39, 0.29) is 5.91 Å². The molecule has 2 rings (SSSR count). The topological polar surface area (TPSA) is 59.9 Å². The van der Waals surface area contributed by atoms with Crippen LogP contribution in [0.3, 0.4) is 0 Å². The molecule has 0 saturated carbocycles. The van der Waals surface area contributed by atoms with Crippen LogP contribution in [0, 0.1) is 0 Å². The molecule has 150 valence electrons. The molecule has 2 aromatic rings. The van der Waals surface area contributed by atoms with Crippen LogP contribution in [0.25, 0.3) is 0 Å². The van der Waals surface area contributed by atoms with Gasteiger partial charge in [-0.3, -0.25) is 4.79 Å². The Morgan fingerprint density at radius 3 is 2.39 bits per heavy atom. The highest BCUT2D eigenvalue weighted by atomic mass is 35.5. The monoisotopic (exact) mass is 422 g/mol. The fourth-order valence-corrected chi connectivity index (χ4v) is 2.79. The van der Waals surface area contributed by atoms with Crippen LogP contribution in [-0.4, -0.2) is 24.8 Å². The fourth-order valence-electron chi connectivity index (χ4n) is 2.30. The summed E-state index contributed by atoms with van der Waals surface area (Å²) in [6.45, 7) is 4.49. The quantitative estimate of drug-likeness (QED) is 0.313. The smallest absolute Gasteiger partial charge is 0.280 e. The van der Waals surface area contributed by atoms with Gasteiger partial charge in [0.05, 0.1) is 22.9 Å². The molecule has 0 saturated heterocycles. The molecular formula is C21H24Cl2N2O3. The third-order valence-corrected chi connectivity index (χ3v) is 4.55. The number of hydrogen-bond acceptors (Lipinski definition) is 4. The SMILES string of the molecule is CCCCCOc1ccc(OC(C)C(=O)N/N=C/c2c(Cl)cccc2Cl)cc1. The van der Waals surface area contributed by atoms with E-state index >= 15 is 0 Å². The van der Waals surface area contributed by atoms with Gasteiger partial charge in [-0.15, -0.1) is 0 Å². The van der Waals surface area contributed by atoms with Crippen molar-refractivity contribution in [3.8, 4) is 11.5 Å². The van der Waals surface area contributed by atoms with Gasteiger partial charge in [0.15, 0.2) is 6.10 Å². The van der Waals surface area contributed by atoms with Crippen molar-refractivity contribution in [2.75, 3.05) is 6.61 Å². The number of hydrogen-bond donors (Lipinski definition) is 1. The Labute approximate surface area is 175 Å². The molecule has 0 fully saturated rings. The highest BCUT2D eigenvalue weighted by molar-refractivity contribution is 6.38. The third kappa shape index (κ3) is 7.06. The van der Waals surface area contributed by atoms with Crippen LogP contribution >= 0.6 is 23.2 Å². The zero-order chi connectivity index (χ0) is 20.4. The number of carbonyl (C=O) groups excluding carboxylic acids is 1. The van der Waals surface area contributed by atoms with Gasteiger partial charge in [-0.2, -0.15) is 5.10 Å². The highest BCUT2D eigenvalue weighted by Crippen LogP contribution is 2.22. The van der Waals surface area contributed by atoms with E-state index in [2.05, 4.69) is 17.5 Å². The maximum absolute atomic E-state index is 12.1. The van der Waals surface area contributed by atoms with Crippen molar-refractivity contribution in [3.05, 3.63) is 58.1 Å². The molecule has 0 aliphatic rings. The third-order valence-electron chi connectivity index (χ3n) is 3.89. The summed E-state index contributed by atoms with van der Waals surface area (Å²) in [7, 11) is 0. The number of halogens is 2. The second-order valence-electron chi connectivity index (χ2n) is 6.16. The lowest BCUT2D eigenvalue weighted by atomic mass is 10.2. The zero-order valence-corrected chi connectivity index (χ0v) is 17.5. The Bertz CT molecular complexity index is 774. The van der Waals surface area contributed by atoms with Gasteiger partial charge < -0.3 is 9.47 Å². The standard InChI is InChI=1S/C21H24Cl2N2O3/c1-3-4-5-13-27-16-9-11-17(12-10-16)28-15(2)21(26)25-24-14-18-19(22)7-6-8-20(18)23/h6-12,14-15H,3-5,13H2,1-2H3,(H,25,26)/b24-14+. The van der Waals surface area contributed by atoms with Gasteiger partial charge in [-0.05, 0) is 49.7 Å². The summed E-state index contributed by atoms with van der Waals surface area (Å²) >= 11 is 12.1. The summed E-state index contributed by atoms with van der Waals surface area (Å²) in [4.78, 5) is 12.1. The number of hydrazone groups is 1. The molecule has 0 aromatic heterocycles. The Morgan fingerprint density at radius 2 is 1.75 bits per heavy atom. The lowest BCUT2D eigenvalue weighted by Gasteiger charge is -2.13. The van der Waals surface area contributed by atoms with E-state index in [4.69, 9.17) is 32.7 Å². The van der Waals surface area contributed by atoms with Crippen molar-refractivity contribution in [1.82, 2.24) is 5.43 Å². The minimum absolute atomic E-state index is 0.390. The molecule has 28 heavy (non-hydrogen) atoms. The first-order valence-corrected chi connectivity index (χ1v) is 9.93. The number of benzene rings is 2. The molecule has 5 nitrogen and oxygen atoms in total. The van der Waals surface area contributed by atoms with E-state index in [1.54, 1.807) is 37.3 Å². The maximum atomic E-state index is 12.1. The van der Waals surface area contributed by atoms with Crippen molar-refractivity contribution < 1.29 is 14.3 Å². The minimum Gasteiger partial charge on any atom is -0.494 e. The molecule has 0 radical (unpaired) electrons. The number of amides is 1. The Morgan fingerprint density at radius 1 is 1.11 bits per heavy atom. The highest BCUT2D eigenvalue weighted by Gasteiger charge is 2.14. The number of carbonyl (C=O) groups is 1. The van der Waals surface area contributed by atoms with Gasteiger partial charge in [-0.1, -0.05) is 49.0 Å². The van der Waals surface area contributed by atoms with E-state index in [0.29, 0.717) is 28.0 Å². The first-order chi connectivity index (χ1) is 13.5. The summed E-state index contributed by atoms with van der Waals surface area (Å²) in [6.07, 6.45) is 4.02.